The summed E-state index contributed by atoms with van der Waals surface area (Å²) < 4.78 is 0. The van der Waals surface area contributed by atoms with Gasteiger partial charge in [-0.15, -0.1) is 71.9 Å². The molecule has 0 amide bonds. The van der Waals surface area contributed by atoms with Crippen LogP contribution in [0.1, 0.15) is 38.5 Å². The Kier molecular flexibility index (Phi) is 24.7. The third-order valence-electron chi connectivity index (χ3n) is 1.50. The molecule has 60 valence electrons. The monoisotopic (exact) mass is 468 g/mol. The van der Waals surface area contributed by atoms with Gasteiger partial charge in [0.1, 0.15) is 0 Å². The van der Waals surface area contributed by atoms with Gasteiger partial charge in [-0.2, -0.15) is 0 Å². The van der Waals surface area contributed by atoms with E-state index in [4.69, 9.17) is 0 Å². The highest BCUT2D eigenvalue weighted by atomic mass is 127. The highest BCUT2D eigenvalue weighted by Crippen LogP contribution is 2.15. The second-order valence-corrected chi connectivity index (χ2v) is 2.12. The van der Waals surface area contributed by atoms with Crippen LogP contribution in [-0.4, -0.2) is 0 Å². The van der Waals surface area contributed by atoms with Gasteiger partial charge in [0, 0.05) is 0 Å². The molecule has 1 aliphatic rings. The van der Waals surface area contributed by atoms with Gasteiger partial charge < -0.3 is 0 Å². The van der Waals surface area contributed by atoms with Crippen molar-refractivity contribution in [3.05, 3.63) is 0 Å². The van der Waals surface area contributed by atoms with Crippen LogP contribution in [0.5, 0.6) is 0 Å². The molecule has 0 bridgehead atoms. The van der Waals surface area contributed by atoms with E-state index in [1.54, 1.807) is 0 Å². The van der Waals surface area contributed by atoms with E-state index in [0.29, 0.717) is 0 Å². The minimum Gasteiger partial charge on any atom is -0.107 e. The zero-order chi connectivity index (χ0) is 4.24. The standard InChI is InChI=1S/C6H12.3HI/c1-2-4-6-5-3-1;;;/h1-6H2;3*1H. The lowest BCUT2D eigenvalue weighted by molar-refractivity contribution is 0.504. The first kappa shape index (κ1) is 17.3. The summed E-state index contributed by atoms with van der Waals surface area (Å²) in [5, 5.41) is 0. The molecule has 0 N–H and O–H groups in total. The maximum atomic E-state index is 1.50. The molecular weight excluding hydrogens is 453 g/mol. The molecule has 9 heavy (non-hydrogen) atoms. The maximum absolute atomic E-state index is 1.50. The number of halogens is 3. The topological polar surface area (TPSA) is 0 Å². The molecule has 0 atom stereocenters. The van der Waals surface area contributed by atoms with Crippen molar-refractivity contribution in [2.24, 2.45) is 0 Å². The molecule has 0 aromatic rings. The summed E-state index contributed by atoms with van der Waals surface area (Å²) in [6.07, 6.45) is 9.00. The second-order valence-electron chi connectivity index (χ2n) is 2.12. The summed E-state index contributed by atoms with van der Waals surface area (Å²) in [4.78, 5) is 0. The predicted molar refractivity (Wildman–Crippen MR) is 73.9 cm³/mol. The third kappa shape index (κ3) is 10.2. The van der Waals surface area contributed by atoms with E-state index >= 15 is 0 Å². The average molecular weight is 468 g/mol. The molecule has 0 nitrogen and oxygen atoms in total. The van der Waals surface area contributed by atoms with Crippen molar-refractivity contribution < 1.29 is 0 Å². The Labute approximate surface area is 109 Å². The maximum Gasteiger partial charge on any atom is -0.0533 e. The SMILES string of the molecule is C1CCCCC1.I.I.I. The van der Waals surface area contributed by atoms with Gasteiger partial charge in [0.25, 0.3) is 0 Å². The smallest absolute Gasteiger partial charge is 0.0533 e. The van der Waals surface area contributed by atoms with Crippen molar-refractivity contribution >= 4 is 71.9 Å². The Morgan fingerprint density at radius 1 is 0.333 bits per heavy atom. The molecule has 0 heterocycles. The molecule has 0 radical (unpaired) electrons. The lowest BCUT2D eigenvalue weighted by Gasteiger charge is -2.05. The van der Waals surface area contributed by atoms with Crippen LogP contribution >= 0.6 is 71.9 Å². The van der Waals surface area contributed by atoms with Crippen LogP contribution in [0.2, 0.25) is 0 Å². The zero-order valence-electron chi connectivity index (χ0n) is 5.47. The third-order valence-corrected chi connectivity index (χ3v) is 1.50. The van der Waals surface area contributed by atoms with Gasteiger partial charge in [-0.25, -0.2) is 0 Å². The van der Waals surface area contributed by atoms with Gasteiger partial charge in [-0.3, -0.25) is 0 Å². The van der Waals surface area contributed by atoms with Gasteiger partial charge >= 0.3 is 0 Å². The van der Waals surface area contributed by atoms with Crippen LogP contribution in [0, 0.1) is 0 Å². The van der Waals surface area contributed by atoms with Crippen LogP contribution in [0.3, 0.4) is 0 Å². The first-order valence-corrected chi connectivity index (χ1v) is 3.00. The molecular formula is C6H15I3. The Bertz CT molecular complexity index is 23.8. The Morgan fingerprint density at radius 3 is 0.556 bits per heavy atom. The fourth-order valence-electron chi connectivity index (χ4n) is 1.06. The van der Waals surface area contributed by atoms with Gasteiger partial charge in [0.15, 0.2) is 0 Å². The van der Waals surface area contributed by atoms with Gasteiger partial charge in [0.05, 0.1) is 0 Å². The minimum absolute atomic E-state index is 0. The van der Waals surface area contributed by atoms with Crippen molar-refractivity contribution in [3.63, 3.8) is 0 Å². The quantitative estimate of drug-likeness (QED) is 0.469. The van der Waals surface area contributed by atoms with Crippen molar-refractivity contribution in [3.8, 4) is 0 Å². The van der Waals surface area contributed by atoms with E-state index in [-0.39, 0.29) is 71.9 Å². The van der Waals surface area contributed by atoms with Gasteiger partial charge in [0.2, 0.25) is 0 Å². The highest BCUT2D eigenvalue weighted by molar-refractivity contribution is 14.0. The summed E-state index contributed by atoms with van der Waals surface area (Å²) in [6.45, 7) is 0. The summed E-state index contributed by atoms with van der Waals surface area (Å²) in [6, 6.07) is 0. The predicted octanol–water partition coefficient (Wildman–Crippen LogP) is 4.19. The van der Waals surface area contributed by atoms with Crippen LogP contribution in [0.15, 0.2) is 0 Å². The fraction of sp³-hybridized carbons (Fsp3) is 1.00. The van der Waals surface area contributed by atoms with E-state index in [0.717, 1.165) is 0 Å². The van der Waals surface area contributed by atoms with Crippen molar-refractivity contribution in [2.75, 3.05) is 0 Å². The number of rotatable bonds is 0. The molecule has 0 aliphatic heterocycles. The Hall–Kier alpha value is 2.19. The second kappa shape index (κ2) is 12.8. The van der Waals surface area contributed by atoms with E-state index in [9.17, 15) is 0 Å². The van der Waals surface area contributed by atoms with E-state index in [2.05, 4.69) is 0 Å². The first-order valence-electron chi connectivity index (χ1n) is 3.00. The van der Waals surface area contributed by atoms with Crippen molar-refractivity contribution in [2.45, 2.75) is 38.5 Å². The van der Waals surface area contributed by atoms with Gasteiger partial charge in [-0.05, 0) is 0 Å². The van der Waals surface area contributed by atoms with Crippen molar-refractivity contribution in [1.82, 2.24) is 0 Å². The molecule has 1 saturated carbocycles. The summed E-state index contributed by atoms with van der Waals surface area (Å²) in [5.74, 6) is 0. The summed E-state index contributed by atoms with van der Waals surface area (Å²) in [5.41, 5.74) is 0. The van der Waals surface area contributed by atoms with E-state index < -0.39 is 0 Å². The lowest BCUT2D eigenvalue weighted by Crippen LogP contribution is -1.85. The molecule has 0 saturated heterocycles. The van der Waals surface area contributed by atoms with Crippen molar-refractivity contribution in [1.29, 1.82) is 0 Å². The molecule has 3 heteroatoms. The molecule has 0 spiro atoms. The van der Waals surface area contributed by atoms with Crippen LogP contribution in [0.4, 0.5) is 0 Å². The first-order chi connectivity index (χ1) is 3.00. The number of hydrogen-bond acceptors (Lipinski definition) is 0. The molecule has 0 aromatic carbocycles. The fourth-order valence-corrected chi connectivity index (χ4v) is 1.06. The number of hydrogen-bond donors (Lipinski definition) is 0. The molecule has 0 aromatic heterocycles. The summed E-state index contributed by atoms with van der Waals surface area (Å²) >= 11 is 0. The molecule has 1 rings (SSSR count). The zero-order valence-corrected chi connectivity index (χ0v) is 12.5. The normalized spacial score (nSPS) is 16.0. The minimum atomic E-state index is 0. The van der Waals surface area contributed by atoms with Crippen LogP contribution in [-0.2, 0) is 0 Å². The van der Waals surface area contributed by atoms with Crippen LogP contribution < -0.4 is 0 Å². The lowest BCUT2D eigenvalue weighted by atomic mass is 10.0. The summed E-state index contributed by atoms with van der Waals surface area (Å²) in [7, 11) is 0. The molecule has 1 aliphatic carbocycles. The average Bonchev–Trinajstić information content (AvgIpc) is 1.72. The van der Waals surface area contributed by atoms with E-state index in [1.165, 1.54) is 38.5 Å². The Morgan fingerprint density at radius 2 is 0.444 bits per heavy atom. The molecule has 0 unspecified atom stereocenters. The van der Waals surface area contributed by atoms with E-state index in [1.807, 2.05) is 0 Å². The van der Waals surface area contributed by atoms with Crippen LogP contribution in [0.25, 0.3) is 0 Å². The molecule has 1 fully saturated rings. The Balaban J connectivity index is -0.000000120. The largest absolute Gasteiger partial charge is 0.107 e. The highest BCUT2D eigenvalue weighted by Gasteiger charge is 1.95. The van der Waals surface area contributed by atoms with Gasteiger partial charge in [-0.1, -0.05) is 38.5 Å².